The Hall–Kier alpha value is -2.88. The largest absolute Gasteiger partial charge is 0.494 e. The molecule has 0 saturated heterocycles. The number of ether oxygens (including phenoxy) is 1. The average molecular weight is 292 g/mol. The first-order chi connectivity index (χ1) is 10.8. The molecular formula is C18H16N2O2. The van der Waals surface area contributed by atoms with Crippen LogP contribution in [0.5, 0.6) is 5.75 Å². The van der Waals surface area contributed by atoms with Crippen molar-refractivity contribution in [3.05, 3.63) is 71.4 Å². The van der Waals surface area contributed by atoms with E-state index in [1.807, 2.05) is 61.5 Å². The Bertz CT molecular complexity index is 731. The standard InChI is InChI=1S/C18H16N2O2/c1-2-22-15-10-8-13(9-11-15)12-16-18(21)20-17(19-16)14-6-4-3-5-7-14/h3-12H,2H2,1H3,(H,19,20,21). The van der Waals surface area contributed by atoms with Gasteiger partial charge in [0.15, 0.2) is 0 Å². The second-order valence-electron chi connectivity index (χ2n) is 4.81. The number of hydrogen-bond donors (Lipinski definition) is 1. The molecule has 0 aliphatic carbocycles. The van der Waals surface area contributed by atoms with Gasteiger partial charge in [-0.25, -0.2) is 4.99 Å². The van der Waals surface area contributed by atoms with Crippen LogP contribution in [0.15, 0.2) is 65.3 Å². The van der Waals surface area contributed by atoms with Gasteiger partial charge in [0.1, 0.15) is 17.3 Å². The van der Waals surface area contributed by atoms with Crippen LogP contribution in [0.1, 0.15) is 18.1 Å². The van der Waals surface area contributed by atoms with Gasteiger partial charge in [0.25, 0.3) is 5.91 Å². The molecule has 0 radical (unpaired) electrons. The molecule has 0 spiro atoms. The summed E-state index contributed by atoms with van der Waals surface area (Å²) in [6.45, 7) is 2.58. The van der Waals surface area contributed by atoms with Crippen molar-refractivity contribution in [1.82, 2.24) is 5.32 Å². The molecule has 22 heavy (non-hydrogen) atoms. The molecule has 4 nitrogen and oxygen atoms in total. The lowest BCUT2D eigenvalue weighted by molar-refractivity contribution is -0.115. The summed E-state index contributed by atoms with van der Waals surface area (Å²) >= 11 is 0. The summed E-state index contributed by atoms with van der Waals surface area (Å²) in [5.41, 5.74) is 2.21. The minimum atomic E-state index is -0.187. The fourth-order valence-electron chi connectivity index (χ4n) is 2.19. The second-order valence-corrected chi connectivity index (χ2v) is 4.81. The summed E-state index contributed by atoms with van der Waals surface area (Å²) in [5, 5.41) is 2.79. The number of carbonyl (C=O) groups excluding carboxylic acids is 1. The molecule has 1 N–H and O–H groups in total. The lowest BCUT2D eigenvalue weighted by Gasteiger charge is -2.02. The zero-order valence-electron chi connectivity index (χ0n) is 12.2. The molecule has 0 bridgehead atoms. The van der Waals surface area contributed by atoms with Crippen molar-refractivity contribution >= 4 is 17.8 Å². The quantitative estimate of drug-likeness (QED) is 0.881. The van der Waals surface area contributed by atoms with Gasteiger partial charge in [-0.05, 0) is 30.7 Å². The van der Waals surface area contributed by atoms with Crippen LogP contribution in [0.25, 0.3) is 6.08 Å². The number of carbonyl (C=O) groups is 1. The van der Waals surface area contributed by atoms with Crippen LogP contribution in [0, 0.1) is 0 Å². The lowest BCUT2D eigenvalue weighted by atomic mass is 10.2. The van der Waals surface area contributed by atoms with Crippen LogP contribution in [0.2, 0.25) is 0 Å². The summed E-state index contributed by atoms with van der Waals surface area (Å²) in [6.07, 6.45) is 1.76. The molecule has 1 heterocycles. The van der Waals surface area contributed by atoms with Crippen molar-refractivity contribution in [2.24, 2.45) is 4.99 Å². The fraction of sp³-hybridized carbons (Fsp3) is 0.111. The van der Waals surface area contributed by atoms with Gasteiger partial charge in [-0.15, -0.1) is 0 Å². The zero-order valence-corrected chi connectivity index (χ0v) is 12.2. The predicted molar refractivity (Wildman–Crippen MR) is 86.7 cm³/mol. The molecule has 0 unspecified atom stereocenters. The first kappa shape index (κ1) is 14.1. The van der Waals surface area contributed by atoms with Gasteiger partial charge in [0, 0.05) is 5.56 Å². The highest BCUT2D eigenvalue weighted by Crippen LogP contribution is 2.17. The third-order valence-electron chi connectivity index (χ3n) is 3.24. The summed E-state index contributed by atoms with van der Waals surface area (Å²) in [5.74, 6) is 1.21. The summed E-state index contributed by atoms with van der Waals surface area (Å²) in [6, 6.07) is 17.2. The van der Waals surface area contributed by atoms with Crippen molar-refractivity contribution in [2.45, 2.75) is 6.92 Å². The number of aliphatic imine (C=N–C) groups is 1. The predicted octanol–water partition coefficient (Wildman–Crippen LogP) is 3.00. The molecule has 0 atom stereocenters. The maximum absolute atomic E-state index is 12.0. The van der Waals surface area contributed by atoms with Gasteiger partial charge >= 0.3 is 0 Å². The number of rotatable bonds is 4. The Morgan fingerprint density at radius 3 is 2.50 bits per heavy atom. The highest BCUT2D eigenvalue weighted by molar-refractivity contribution is 6.19. The van der Waals surface area contributed by atoms with E-state index in [1.54, 1.807) is 6.08 Å². The van der Waals surface area contributed by atoms with Crippen LogP contribution in [-0.2, 0) is 4.79 Å². The third kappa shape index (κ3) is 3.06. The maximum atomic E-state index is 12.0. The Morgan fingerprint density at radius 1 is 1.09 bits per heavy atom. The van der Waals surface area contributed by atoms with E-state index in [-0.39, 0.29) is 5.91 Å². The molecule has 2 aromatic rings. The van der Waals surface area contributed by atoms with Gasteiger partial charge in [-0.3, -0.25) is 4.79 Å². The van der Waals surface area contributed by atoms with Crippen LogP contribution in [0.3, 0.4) is 0 Å². The Kier molecular flexibility index (Phi) is 4.01. The maximum Gasteiger partial charge on any atom is 0.275 e. The topological polar surface area (TPSA) is 50.7 Å². The lowest BCUT2D eigenvalue weighted by Crippen LogP contribution is -2.24. The SMILES string of the molecule is CCOc1ccc(C=C2N=C(c3ccccc3)NC2=O)cc1. The minimum absolute atomic E-state index is 0.187. The molecule has 1 aliphatic rings. The Balaban J connectivity index is 1.84. The number of benzene rings is 2. The normalized spacial score (nSPS) is 15.6. The highest BCUT2D eigenvalue weighted by Gasteiger charge is 2.20. The minimum Gasteiger partial charge on any atom is -0.494 e. The summed E-state index contributed by atoms with van der Waals surface area (Å²) in [4.78, 5) is 16.4. The molecule has 1 amide bonds. The van der Waals surface area contributed by atoms with E-state index >= 15 is 0 Å². The monoisotopic (exact) mass is 292 g/mol. The van der Waals surface area contributed by atoms with E-state index in [9.17, 15) is 4.79 Å². The van der Waals surface area contributed by atoms with E-state index in [1.165, 1.54) is 0 Å². The third-order valence-corrected chi connectivity index (χ3v) is 3.24. The molecular weight excluding hydrogens is 276 g/mol. The number of hydrogen-bond acceptors (Lipinski definition) is 3. The number of amides is 1. The zero-order chi connectivity index (χ0) is 15.4. The van der Waals surface area contributed by atoms with Crippen molar-refractivity contribution in [1.29, 1.82) is 0 Å². The van der Waals surface area contributed by atoms with Crippen molar-refractivity contribution in [3.8, 4) is 5.75 Å². The number of nitrogens with zero attached hydrogens (tertiary/aromatic N) is 1. The molecule has 3 rings (SSSR count). The van der Waals surface area contributed by atoms with E-state index in [0.29, 0.717) is 18.1 Å². The summed E-state index contributed by atoms with van der Waals surface area (Å²) < 4.78 is 5.40. The van der Waals surface area contributed by atoms with Gasteiger partial charge in [0.2, 0.25) is 0 Å². The van der Waals surface area contributed by atoms with Crippen molar-refractivity contribution < 1.29 is 9.53 Å². The molecule has 0 saturated carbocycles. The fourth-order valence-corrected chi connectivity index (χ4v) is 2.19. The van der Waals surface area contributed by atoms with E-state index < -0.39 is 0 Å². The van der Waals surface area contributed by atoms with Gasteiger partial charge < -0.3 is 10.1 Å². The van der Waals surface area contributed by atoms with Gasteiger partial charge in [-0.2, -0.15) is 0 Å². The van der Waals surface area contributed by atoms with Crippen LogP contribution >= 0.6 is 0 Å². The molecule has 0 fully saturated rings. The molecule has 2 aromatic carbocycles. The van der Waals surface area contributed by atoms with Crippen LogP contribution in [0.4, 0.5) is 0 Å². The van der Waals surface area contributed by atoms with Crippen molar-refractivity contribution in [2.75, 3.05) is 6.61 Å². The molecule has 110 valence electrons. The Morgan fingerprint density at radius 2 is 1.82 bits per heavy atom. The second kappa shape index (κ2) is 6.26. The van der Waals surface area contributed by atoms with Gasteiger partial charge in [-0.1, -0.05) is 42.5 Å². The molecule has 4 heteroatoms. The summed E-state index contributed by atoms with van der Waals surface area (Å²) in [7, 11) is 0. The smallest absolute Gasteiger partial charge is 0.275 e. The molecule has 1 aliphatic heterocycles. The van der Waals surface area contributed by atoms with Crippen LogP contribution in [-0.4, -0.2) is 18.3 Å². The first-order valence-electron chi connectivity index (χ1n) is 7.16. The van der Waals surface area contributed by atoms with E-state index in [2.05, 4.69) is 10.3 Å². The number of nitrogens with one attached hydrogen (secondary N) is 1. The van der Waals surface area contributed by atoms with E-state index in [0.717, 1.165) is 16.9 Å². The van der Waals surface area contributed by atoms with Gasteiger partial charge in [0.05, 0.1) is 6.61 Å². The van der Waals surface area contributed by atoms with E-state index in [4.69, 9.17) is 4.74 Å². The number of amidine groups is 1. The Labute approximate surface area is 129 Å². The van der Waals surface area contributed by atoms with Crippen LogP contribution < -0.4 is 10.1 Å². The molecule has 0 aromatic heterocycles. The highest BCUT2D eigenvalue weighted by atomic mass is 16.5. The average Bonchev–Trinajstić information content (AvgIpc) is 2.91. The first-order valence-corrected chi connectivity index (χ1v) is 7.16. The van der Waals surface area contributed by atoms with Crippen molar-refractivity contribution in [3.63, 3.8) is 0 Å².